The molecule has 9 heteroatoms. The molecule has 5 rings (SSSR count). The van der Waals surface area contributed by atoms with E-state index in [9.17, 15) is 19.5 Å². The molecule has 1 spiro atoms. The molecule has 2 bridgehead atoms. The van der Waals surface area contributed by atoms with Crippen molar-refractivity contribution in [3.63, 3.8) is 0 Å². The number of carbonyl (C=O) groups is 3. The molecule has 7 atom stereocenters. The van der Waals surface area contributed by atoms with E-state index >= 15 is 0 Å². The van der Waals surface area contributed by atoms with Crippen molar-refractivity contribution in [3.05, 3.63) is 84.4 Å². The number of halogens is 1. The molecule has 7 nitrogen and oxygen atoms in total. The quantitative estimate of drug-likeness (QED) is 0.232. The maximum Gasteiger partial charge on any atom is 0.310 e. The number of amides is 2. The fourth-order valence-corrected chi connectivity index (χ4v) is 10.3. The molecule has 3 saturated heterocycles. The van der Waals surface area contributed by atoms with E-state index in [0.717, 1.165) is 11.1 Å². The molecule has 2 aromatic carbocycles. The van der Waals surface area contributed by atoms with Gasteiger partial charge in [0.05, 0.1) is 35.8 Å². The van der Waals surface area contributed by atoms with Gasteiger partial charge in [-0.25, -0.2) is 0 Å². The van der Waals surface area contributed by atoms with Crippen LogP contribution in [0.2, 0.25) is 0 Å². The molecule has 2 aromatic rings. The van der Waals surface area contributed by atoms with Crippen LogP contribution in [-0.4, -0.2) is 79.4 Å². The Morgan fingerprint density at radius 2 is 1.85 bits per heavy atom. The second-order valence-electron chi connectivity index (χ2n) is 10.7. The van der Waals surface area contributed by atoms with Gasteiger partial charge in [-0.3, -0.25) is 14.4 Å². The average molecular weight is 628 g/mol. The maximum atomic E-state index is 14.7. The van der Waals surface area contributed by atoms with Crippen molar-refractivity contribution in [2.24, 2.45) is 11.8 Å². The summed E-state index contributed by atoms with van der Waals surface area (Å²) in [4.78, 5) is 45.7. The summed E-state index contributed by atoms with van der Waals surface area (Å²) < 4.78 is 4.64. The topological polar surface area (TPSA) is 87.2 Å². The molecular formula is C31H35BrN2O5S. The zero-order valence-electron chi connectivity index (χ0n) is 22.5. The van der Waals surface area contributed by atoms with E-state index < -0.39 is 34.6 Å². The van der Waals surface area contributed by atoms with Crippen LogP contribution in [0.5, 0.6) is 0 Å². The van der Waals surface area contributed by atoms with Crippen molar-refractivity contribution < 1.29 is 24.2 Å². The Balaban J connectivity index is 1.58. The average Bonchev–Trinajstić information content (AvgIpc) is 3.56. The van der Waals surface area contributed by atoms with Crippen LogP contribution in [0.1, 0.15) is 24.5 Å². The van der Waals surface area contributed by atoms with Gasteiger partial charge in [0, 0.05) is 23.2 Å². The molecule has 0 radical (unpaired) electrons. The van der Waals surface area contributed by atoms with Crippen molar-refractivity contribution in [2.45, 2.75) is 53.2 Å². The molecule has 3 fully saturated rings. The SMILES string of the molecule is C=CCN(Cc1ccccc1)C(=O)C1N([C@@H](CO)Cc2ccccc2)C(=O)[C@@H]2[C@H](C(=O)OCC)[C@H]3SC12CC3Br. The Morgan fingerprint density at radius 3 is 2.45 bits per heavy atom. The minimum Gasteiger partial charge on any atom is -0.466 e. The van der Waals surface area contributed by atoms with Crippen molar-refractivity contribution in [3.8, 4) is 0 Å². The Labute approximate surface area is 248 Å². The van der Waals surface area contributed by atoms with Gasteiger partial charge in [-0.05, 0) is 30.9 Å². The highest BCUT2D eigenvalue weighted by molar-refractivity contribution is 9.09. The minimum atomic E-state index is -0.844. The summed E-state index contributed by atoms with van der Waals surface area (Å²) in [7, 11) is 0. The number of hydrogen-bond donors (Lipinski definition) is 1. The summed E-state index contributed by atoms with van der Waals surface area (Å²) in [5.41, 5.74) is 1.93. The number of likely N-dealkylation sites (tertiary alicyclic amines) is 1. The summed E-state index contributed by atoms with van der Waals surface area (Å²) in [6.45, 7) is 6.23. The molecule has 3 unspecified atom stereocenters. The Hall–Kier alpha value is -2.62. The number of esters is 1. The smallest absolute Gasteiger partial charge is 0.310 e. The molecule has 0 aliphatic carbocycles. The Morgan fingerprint density at radius 1 is 1.20 bits per heavy atom. The van der Waals surface area contributed by atoms with Gasteiger partial charge in [0.1, 0.15) is 6.04 Å². The van der Waals surface area contributed by atoms with Gasteiger partial charge in [-0.2, -0.15) is 0 Å². The molecular weight excluding hydrogens is 592 g/mol. The molecule has 2 amide bonds. The normalized spacial score (nSPS) is 29.2. The summed E-state index contributed by atoms with van der Waals surface area (Å²) in [6, 6.07) is 17.9. The summed E-state index contributed by atoms with van der Waals surface area (Å²) in [6.07, 6.45) is 2.66. The van der Waals surface area contributed by atoms with E-state index in [1.54, 1.807) is 34.6 Å². The van der Waals surface area contributed by atoms with Crippen molar-refractivity contribution >= 4 is 45.5 Å². The van der Waals surface area contributed by atoms with E-state index in [0.29, 0.717) is 25.9 Å². The first-order valence-electron chi connectivity index (χ1n) is 13.7. The summed E-state index contributed by atoms with van der Waals surface area (Å²) in [5.74, 6) is -2.19. The standard InChI is InChI=1S/C31H35BrN2O5S/c1-3-15-33(18-21-13-9-6-10-14-21)29(37)27-31-17-23(32)26(40-31)24(30(38)39-4-2)25(31)28(36)34(27)22(19-35)16-20-11-7-5-8-12-20/h3,5-14,22-27,35H,1,4,15-19H2,2H3/t22-,23?,24+,25+,26+,27?,31?/m1/s1. The predicted molar refractivity (Wildman–Crippen MR) is 159 cm³/mol. The summed E-state index contributed by atoms with van der Waals surface area (Å²) >= 11 is 5.36. The summed E-state index contributed by atoms with van der Waals surface area (Å²) in [5, 5.41) is 10.5. The van der Waals surface area contributed by atoms with Crippen LogP contribution < -0.4 is 0 Å². The van der Waals surface area contributed by atoms with Crippen molar-refractivity contribution in [2.75, 3.05) is 19.8 Å². The lowest BCUT2D eigenvalue weighted by Crippen LogP contribution is -2.58. The van der Waals surface area contributed by atoms with Crippen LogP contribution in [0.25, 0.3) is 0 Å². The number of fused-ring (bicyclic) bond motifs is 1. The van der Waals surface area contributed by atoms with E-state index in [2.05, 4.69) is 22.5 Å². The minimum absolute atomic E-state index is 0.0464. The van der Waals surface area contributed by atoms with Gasteiger partial charge in [-0.15, -0.1) is 18.3 Å². The number of aliphatic hydroxyl groups excluding tert-OH is 1. The fourth-order valence-electron chi connectivity index (χ4n) is 6.75. The first-order chi connectivity index (χ1) is 19.4. The fraction of sp³-hybridized carbons (Fsp3) is 0.452. The van der Waals surface area contributed by atoms with Crippen LogP contribution in [0.4, 0.5) is 0 Å². The second kappa shape index (κ2) is 12.1. The number of hydrogen-bond acceptors (Lipinski definition) is 6. The highest BCUT2D eigenvalue weighted by atomic mass is 79.9. The predicted octanol–water partition coefficient (Wildman–Crippen LogP) is 3.83. The number of rotatable bonds is 11. The highest BCUT2D eigenvalue weighted by Crippen LogP contribution is 2.68. The lowest BCUT2D eigenvalue weighted by atomic mass is 9.71. The van der Waals surface area contributed by atoms with Crippen molar-refractivity contribution in [1.29, 1.82) is 0 Å². The first kappa shape index (κ1) is 28.9. The van der Waals surface area contributed by atoms with E-state index in [1.807, 2.05) is 60.7 Å². The zero-order chi connectivity index (χ0) is 28.4. The first-order valence-corrected chi connectivity index (χ1v) is 15.5. The lowest BCUT2D eigenvalue weighted by molar-refractivity contribution is -0.154. The van der Waals surface area contributed by atoms with Gasteiger partial charge in [0.25, 0.3) is 0 Å². The van der Waals surface area contributed by atoms with Gasteiger partial charge in [0.2, 0.25) is 11.8 Å². The highest BCUT2D eigenvalue weighted by Gasteiger charge is 2.76. The van der Waals surface area contributed by atoms with Crippen LogP contribution >= 0.6 is 27.7 Å². The third-order valence-electron chi connectivity index (χ3n) is 8.32. The van der Waals surface area contributed by atoms with Crippen LogP contribution in [0.15, 0.2) is 73.3 Å². The third-order valence-corrected chi connectivity index (χ3v) is 11.5. The second-order valence-corrected chi connectivity index (χ2v) is 13.4. The number of thioether (sulfide) groups is 1. The monoisotopic (exact) mass is 626 g/mol. The van der Waals surface area contributed by atoms with Crippen molar-refractivity contribution in [1.82, 2.24) is 9.80 Å². The van der Waals surface area contributed by atoms with E-state index in [1.165, 1.54) is 0 Å². The van der Waals surface area contributed by atoms with Gasteiger partial charge >= 0.3 is 5.97 Å². The maximum absolute atomic E-state index is 14.7. The Bertz CT molecular complexity index is 1250. The van der Waals surface area contributed by atoms with Crippen LogP contribution in [0.3, 0.4) is 0 Å². The largest absolute Gasteiger partial charge is 0.466 e. The molecule has 212 valence electrons. The van der Waals surface area contributed by atoms with Crippen LogP contribution in [0, 0.1) is 11.8 Å². The molecule has 40 heavy (non-hydrogen) atoms. The van der Waals surface area contributed by atoms with E-state index in [4.69, 9.17) is 4.74 Å². The Kier molecular flexibility index (Phi) is 8.73. The number of alkyl halides is 1. The molecule has 3 heterocycles. The van der Waals surface area contributed by atoms with Gasteiger partial charge in [-0.1, -0.05) is 82.7 Å². The number of aliphatic hydroxyl groups is 1. The molecule has 3 aliphatic rings. The number of benzene rings is 2. The van der Waals surface area contributed by atoms with Gasteiger partial charge < -0.3 is 19.6 Å². The van der Waals surface area contributed by atoms with Crippen LogP contribution in [-0.2, 0) is 32.1 Å². The lowest BCUT2D eigenvalue weighted by Gasteiger charge is -2.40. The van der Waals surface area contributed by atoms with E-state index in [-0.39, 0.29) is 35.1 Å². The molecule has 0 aromatic heterocycles. The molecule has 0 saturated carbocycles. The third kappa shape index (κ3) is 5.01. The number of nitrogens with zero attached hydrogens (tertiary/aromatic N) is 2. The van der Waals surface area contributed by atoms with Gasteiger partial charge in [0.15, 0.2) is 0 Å². The number of ether oxygens (including phenoxy) is 1. The number of carbonyl (C=O) groups excluding carboxylic acids is 3. The zero-order valence-corrected chi connectivity index (χ0v) is 24.9. The molecule has 1 N–H and O–H groups in total. The molecule has 3 aliphatic heterocycles.